The number of carbonyl (C=O) groups excluding carboxylic acids is 1. The maximum Gasteiger partial charge on any atom is 0.254 e. The minimum Gasteiger partial charge on any atom is -0.364 e. The number of fused-ring (bicyclic) bond motifs is 1. The first-order valence-electron chi connectivity index (χ1n) is 5.92. The molecule has 2 rings (SSSR count). The van der Waals surface area contributed by atoms with E-state index in [1.165, 1.54) is 0 Å². The molecule has 1 atom stereocenters. The number of rotatable bonds is 3. The van der Waals surface area contributed by atoms with Crippen LogP contribution in [0.3, 0.4) is 0 Å². The van der Waals surface area contributed by atoms with Gasteiger partial charge in [0.15, 0.2) is 0 Å². The van der Waals surface area contributed by atoms with Gasteiger partial charge in [0.2, 0.25) is 0 Å². The summed E-state index contributed by atoms with van der Waals surface area (Å²) in [6.07, 6.45) is 2.20. The first-order chi connectivity index (χ1) is 7.76. The Hall–Kier alpha value is -1.51. The van der Waals surface area contributed by atoms with Gasteiger partial charge in [0.1, 0.15) is 6.17 Å². The Morgan fingerprint density at radius 1 is 1.19 bits per heavy atom. The zero-order chi connectivity index (χ0) is 11.5. The van der Waals surface area contributed by atoms with Crippen LogP contribution < -0.4 is 10.6 Å². The minimum atomic E-state index is 0.0336. The van der Waals surface area contributed by atoms with E-state index in [4.69, 9.17) is 0 Å². The van der Waals surface area contributed by atoms with Crippen LogP contribution in [0, 0.1) is 5.92 Å². The lowest BCUT2D eigenvalue weighted by atomic mass is 9.97. The summed E-state index contributed by atoms with van der Waals surface area (Å²) < 4.78 is 0. The van der Waals surface area contributed by atoms with Crippen molar-refractivity contribution in [3.05, 3.63) is 29.8 Å². The van der Waals surface area contributed by atoms with Crippen molar-refractivity contribution in [2.24, 2.45) is 5.92 Å². The summed E-state index contributed by atoms with van der Waals surface area (Å²) in [5.74, 6) is 0.517. The van der Waals surface area contributed by atoms with Crippen LogP contribution in [0.2, 0.25) is 0 Å². The van der Waals surface area contributed by atoms with E-state index in [9.17, 15) is 4.79 Å². The quantitative estimate of drug-likeness (QED) is 0.818. The molecule has 1 heterocycles. The van der Waals surface area contributed by atoms with Gasteiger partial charge in [-0.15, -0.1) is 0 Å². The molecule has 1 aliphatic rings. The number of benzene rings is 1. The van der Waals surface area contributed by atoms with Gasteiger partial charge in [-0.3, -0.25) is 4.79 Å². The zero-order valence-electron chi connectivity index (χ0n) is 9.79. The summed E-state index contributed by atoms with van der Waals surface area (Å²) in [5, 5.41) is 6.42. The summed E-state index contributed by atoms with van der Waals surface area (Å²) in [5.41, 5.74) is 1.69. The summed E-state index contributed by atoms with van der Waals surface area (Å²) in [6, 6.07) is 7.65. The predicted molar refractivity (Wildman–Crippen MR) is 65.4 cm³/mol. The maximum atomic E-state index is 11.9. The molecule has 0 aliphatic carbocycles. The molecule has 3 nitrogen and oxygen atoms in total. The van der Waals surface area contributed by atoms with Crippen LogP contribution in [-0.4, -0.2) is 12.1 Å². The number of anilines is 1. The Kier molecular flexibility index (Phi) is 3.13. The fraction of sp³-hybridized carbons (Fsp3) is 0.462. The third-order valence-corrected chi connectivity index (χ3v) is 3.29. The molecule has 1 amide bonds. The smallest absolute Gasteiger partial charge is 0.254 e. The fourth-order valence-corrected chi connectivity index (χ4v) is 2.23. The highest BCUT2D eigenvalue weighted by atomic mass is 16.2. The second-order valence-corrected chi connectivity index (χ2v) is 4.22. The van der Waals surface area contributed by atoms with Crippen LogP contribution in [-0.2, 0) is 0 Å². The molecule has 0 bridgehead atoms. The molecular formula is C13H18N2O. The topological polar surface area (TPSA) is 41.1 Å². The van der Waals surface area contributed by atoms with Crippen molar-refractivity contribution < 1.29 is 4.79 Å². The molecule has 0 aromatic heterocycles. The molecule has 0 saturated carbocycles. The highest BCUT2D eigenvalue weighted by Gasteiger charge is 2.27. The van der Waals surface area contributed by atoms with Gasteiger partial charge in [0.25, 0.3) is 5.91 Å². The summed E-state index contributed by atoms with van der Waals surface area (Å²) in [4.78, 5) is 11.9. The third kappa shape index (κ3) is 1.90. The SMILES string of the molecule is CCC(CC)C1NC(=O)c2ccccc2N1. The van der Waals surface area contributed by atoms with Crippen molar-refractivity contribution in [2.45, 2.75) is 32.9 Å². The van der Waals surface area contributed by atoms with E-state index in [1.54, 1.807) is 0 Å². The summed E-state index contributed by atoms with van der Waals surface area (Å²) in [6.45, 7) is 4.31. The standard InChI is InChI=1S/C13H18N2O/c1-3-9(4-2)12-14-11-8-6-5-7-10(11)13(16)15-12/h5-9,12,14H,3-4H2,1-2H3,(H,15,16). The number of amides is 1. The Labute approximate surface area is 96.2 Å². The van der Waals surface area contributed by atoms with Crippen molar-refractivity contribution in [2.75, 3.05) is 5.32 Å². The second-order valence-electron chi connectivity index (χ2n) is 4.22. The van der Waals surface area contributed by atoms with E-state index in [-0.39, 0.29) is 12.1 Å². The predicted octanol–water partition coefficient (Wildman–Crippen LogP) is 2.60. The van der Waals surface area contributed by atoms with Gasteiger partial charge in [-0.05, 0) is 30.9 Å². The second kappa shape index (κ2) is 4.56. The Balaban J connectivity index is 2.24. The molecule has 1 aliphatic heterocycles. The number of nitrogens with one attached hydrogen (secondary N) is 2. The van der Waals surface area contributed by atoms with Gasteiger partial charge in [0.05, 0.1) is 5.56 Å². The molecule has 16 heavy (non-hydrogen) atoms. The van der Waals surface area contributed by atoms with E-state index >= 15 is 0 Å². The molecule has 1 unspecified atom stereocenters. The number of hydrogen-bond acceptors (Lipinski definition) is 2. The summed E-state index contributed by atoms with van der Waals surface area (Å²) >= 11 is 0. The van der Waals surface area contributed by atoms with E-state index in [0.717, 1.165) is 24.1 Å². The molecule has 1 aromatic rings. The van der Waals surface area contributed by atoms with Crippen LogP contribution in [0.4, 0.5) is 5.69 Å². The van der Waals surface area contributed by atoms with Crippen LogP contribution in [0.5, 0.6) is 0 Å². The minimum absolute atomic E-state index is 0.0336. The maximum absolute atomic E-state index is 11.9. The van der Waals surface area contributed by atoms with Crippen molar-refractivity contribution >= 4 is 11.6 Å². The molecule has 1 aromatic carbocycles. The van der Waals surface area contributed by atoms with Gasteiger partial charge in [-0.1, -0.05) is 26.0 Å². The zero-order valence-corrected chi connectivity index (χ0v) is 9.79. The lowest BCUT2D eigenvalue weighted by Crippen LogP contribution is -2.49. The average molecular weight is 218 g/mol. The number of hydrogen-bond donors (Lipinski definition) is 2. The third-order valence-electron chi connectivity index (χ3n) is 3.29. The summed E-state index contributed by atoms with van der Waals surface area (Å²) in [7, 11) is 0. The van der Waals surface area contributed by atoms with Gasteiger partial charge in [0, 0.05) is 5.69 Å². The monoisotopic (exact) mass is 218 g/mol. The lowest BCUT2D eigenvalue weighted by Gasteiger charge is -2.32. The molecule has 0 radical (unpaired) electrons. The normalized spacial score (nSPS) is 18.9. The fourth-order valence-electron chi connectivity index (χ4n) is 2.23. The molecular weight excluding hydrogens is 200 g/mol. The van der Waals surface area contributed by atoms with Gasteiger partial charge in [-0.25, -0.2) is 0 Å². The van der Waals surface area contributed by atoms with Crippen LogP contribution in [0.1, 0.15) is 37.0 Å². The number of carbonyl (C=O) groups is 1. The molecule has 2 N–H and O–H groups in total. The van der Waals surface area contributed by atoms with Gasteiger partial charge >= 0.3 is 0 Å². The average Bonchev–Trinajstić information content (AvgIpc) is 2.31. The van der Waals surface area contributed by atoms with E-state index in [1.807, 2.05) is 24.3 Å². The Morgan fingerprint density at radius 3 is 2.56 bits per heavy atom. The van der Waals surface area contributed by atoms with E-state index < -0.39 is 0 Å². The highest BCUT2D eigenvalue weighted by molar-refractivity contribution is 6.01. The van der Waals surface area contributed by atoms with Crippen molar-refractivity contribution in [3.8, 4) is 0 Å². The Bertz CT molecular complexity index is 385. The van der Waals surface area contributed by atoms with Crippen molar-refractivity contribution in [3.63, 3.8) is 0 Å². The van der Waals surface area contributed by atoms with Crippen molar-refractivity contribution in [1.29, 1.82) is 0 Å². The lowest BCUT2D eigenvalue weighted by molar-refractivity contribution is 0.0920. The van der Waals surface area contributed by atoms with Gasteiger partial charge in [-0.2, -0.15) is 0 Å². The first-order valence-corrected chi connectivity index (χ1v) is 5.92. The molecule has 0 spiro atoms. The van der Waals surface area contributed by atoms with Gasteiger partial charge < -0.3 is 10.6 Å². The molecule has 3 heteroatoms. The Morgan fingerprint density at radius 2 is 1.88 bits per heavy atom. The van der Waals surface area contributed by atoms with Crippen LogP contribution in [0.25, 0.3) is 0 Å². The van der Waals surface area contributed by atoms with Crippen LogP contribution >= 0.6 is 0 Å². The highest BCUT2D eigenvalue weighted by Crippen LogP contribution is 2.24. The molecule has 0 fully saturated rings. The molecule has 86 valence electrons. The number of para-hydroxylation sites is 1. The van der Waals surface area contributed by atoms with E-state index in [2.05, 4.69) is 24.5 Å². The first kappa shape index (κ1) is 11.0. The van der Waals surface area contributed by atoms with Crippen LogP contribution in [0.15, 0.2) is 24.3 Å². The molecule has 0 saturated heterocycles. The van der Waals surface area contributed by atoms with E-state index in [0.29, 0.717) is 5.92 Å². The largest absolute Gasteiger partial charge is 0.364 e. The van der Waals surface area contributed by atoms with Crippen molar-refractivity contribution in [1.82, 2.24) is 5.32 Å².